The van der Waals surface area contributed by atoms with Crippen molar-refractivity contribution in [2.75, 3.05) is 6.54 Å². The summed E-state index contributed by atoms with van der Waals surface area (Å²) in [6.07, 6.45) is 2.43. The Morgan fingerprint density at radius 2 is 2.38 bits per heavy atom. The highest BCUT2D eigenvalue weighted by molar-refractivity contribution is 4.79. The van der Waals surface area contributed by atoms with E-state index in [1.807, 2.05) is 0 Å². The van der Waals surface area contributed by atoms with Crippen LogP contribution < -0.4 is 11.1 Å². The van der Waals surface area contributed by atoms with Gasteiger partial charge in [0.2, 0.25) is 0 Å². The molecule has 1 saturated heterocycles. The van der Waals surface area contributed by atoms with Gasteiger partial charge in [-0.25, -0.2) is 0 Å². The maximum atomic E-state index is 5.72. The van der Waals surface area contributed by atoms with Crippen molar-refractivity contribution in [3.8, 4) is 0 Å². The van der Waals surface area contributed by atoms with Crippen molar-refractivity contribution in [2.24, 2.45) is 5.73 Å². The Labute approximate surface area is 50.4 Å². The van der Waals surface area contributed by atoms with E-state index in [-0.39, 0.29) is 0 Å². The average molecular weight is 114 g/mol. The maximum absolute atomic E-state index is 5.72. The molecule has 2 heteroatoms. The van der Waals surface area contributed by atoms with E-state index in [0.717, 1.165) is 6.54 Å². The van der Waals surface area contributed by atoms with Crippen molar-refractivity contribution in [1.29, 1.82) is 0 Å². The number of piperidine rings is 1. The van der Waals surface area contributed by atoms with Crippen LogP contribution in [0.1, 0.15) is 19.8 Å². The number of nitrogens with two attached hydrogens (primary N) is 1. The van der Waals surface area contributed by atoms with Gasteiger partial charge in [0.15, 0.2) is 0 Å². The molecule has 0 spiro atoms. The third kappa shape index (κ3) is 1.20. The molecule has 1 rings (SSSR count). The Morgan fingerprint density at radius 3 is 2.75 bits per heavy atom. The lowest BCUT2D eigenvalue weighted by atomic mass is 10.0. The average Bonchev–Trinajstić information content (AvgIpc) is 1.77. The molecule has 2 nitrogen and oxygen atoms in total. The van der Waals surface area contributed by atoms with Crippen LogP contribution in [0.25, 0.3) is 0 Å². The number of rotatable bonds is 0. The molecule has 3 N–H and O–H groups in total. The van der Waals surface area contributed by atoms with Crippen LogP contribution in [0.15, 0.2) is 0 Å². The highest BCUT2D eigenvalue weighted by atomic mass is 15.0. The van der Waals surface area contributed by atoms with Gasteiger partial charge >= 0.3 is 0 Å². The summed E-state index contributed by atoms with van der Waals surface area (Å²) in [6.45, 7) is 3.29. The van der Waals surface area contributed by atoms with Crippen molar-refractivity contribution < 1.29 is 0 Å². The molecule has 0 radical (unpaired) electrons. The zero-order valence-electron chi connectivity index (χ0n) is 5.35. The first-order valence-corrected chi connectivity index (χ1v) is 3.29. The van der Waals surface area contributed by atoms with Gasteiger partial charge < -0.3 is 11.1 Å². The van der Waals surface area contributed by atoms with E-state index in [9.17, 15) is 0 Å². The second-order valence-corrected chi connectivity index (χ2v) is 2.55. The van der Waals surface area contributed by atoms with Gasteiger partial charge in [-0.2, -0.15) is 0 Å². The van der Waals surface area contributed by atoms with Crippen LogP contribution in [0.4, 0.5) is 0 Å². The first-order valence-electron chi connectivity index (χ1n) is 3.29. The molecule has 1 heterocycles. The van der Waals surface area contributed by atoms with Gasteiger partial charge in [-0.1, -0.05) is 0 Å². The van der Waals surface area contributed by atoms with Crippen LogP contribution in [-0.4, -0.2) is 18.6 Å². The minimum absolute atomic E-state index is 0.392. The fourth-order valence-electron chi connectivity index (χ4n) is 1.07. The Morgan fingerprint density at radius 1 is 1.62 bits per heavy atom. The summed E-state index contributed by atoms with van der Waals surface area (Å²) in [7, 11) is 0. The van der Waals surface area contributed by atoms with Gasteiger partial charge in [0.05, 0.1) is 0 Å². The Bertz CT molecular complexity index is 62.9. The van der Waals surface area contributed by atoms with E-state index in [2.05, 4.69) is 12.2 Å². The summed E-state index contributed by atoms with van der Waals surface area (Å²) in [5.74, 6) is 0. The van der Waals surface area contributed by atoms with E-state index in [1.165, 1.54) is 12.8 Å². The Kier molecular flexibility index (Phi) is 1.86. The lowest BCUT2D eigenvalue weighted by Crippen LogP contribution is -2.47. The summed E-state index contributed by atoms with van der Waals surface area (Å²) in [5.41, 5.74) is 5.72. The molecule has 0 aromatic carbocycles. The molecular formula is C6H14N2. The minimum atomic E-state index is 0.392. The Hall–Kier alpha value is -0.0800. The van der Waals surface area contributed by atoms with Crippen LogP contribution in [0.3, 0.4) is 0 Å². The second-order valence-electron chi connectivity index (χ2n) is 2.55. The monoisotopic (exact) mass is 114 g/mol. The third-order valence-electron chi connectivity index (χ3n) is 1.82. The van der Waals surface area contributed by atoms with Gasteiger partial charge in [0, 0.05) is 12.1 Å². The molecule has 8 heavy (non-hydrogen) atoms. The van der Waals surface area contributed by atoms with E-state index in [4.69, 9.17) is 5.73 Å². The lowest BCUT2D eigenvalue weighted by molar-refractivity contribution is 0.371. The third-order valence-corrected chi connectivity index (χ3v) is 1.82. The van der Waals surface area contributed by atoms with Crippen LogP contribution in [-0.2, 0) is 0 Å². The highest BCUT2D eigenvalue weighted by Crippen LogP contribution is 2.03. The molecule has 0 unspecified atom stereocenters. The van der Waals surface area contributed by atoms with Crippen molar-refractivity contribution in [2.45, 2.75) is 31.8 Å². The summed E-state index contributed by atoms with van der Waals surface area (Å²) in [4.78, 5) is 0. The van der Waals surface area contributed by atoms with Crippen LogP contribution >= 0.6 is 0 Å². The normalized spacial score (nSPS) is 39.8. The van der Waals surface area contributed by atoms with E-state index < -0.39 is 0 Å². The van der Waals surface area contributed by atoms with Gasteiger partial charge in [-0.15, -0.1) is 0 Å². The summed E-state index contributed by atoms with van der Waals surface area (Å²) in [6, 6.07) is 0.924. The zero-order valence-corrected chi connectivity index (χ0v) is 5.35. The predicted molar refractivity (Wildman–Crippen MR) is 34.7 cm³/mol. The molecule has 1 fully saturated rings. The minimum Gasteiger partial charge on any atom is -0.326 e. The Balaban J connectivity index is 2.28. The van der Waals surface area contributed by atoms with Gasteiger partial charge in [-0.05, 0) is 26.3 Å². The topological polar surface area (TPSA) is 38.0 Å². The van der Waals surface area contributed by atoms with Gasteiger partial charge in [0.1, 0.15) is 0 Å². The van der Waals surface area contributed by atoms with Crippen molar-refractivity contribution >= 4 is 0 Å². The molecule has 2 atom stereocenters. The SMILES string of the molecule is C[C@@H]1NCCC[C@@H]1N. The van der Waals surface area contributed by atoms with E-state index >= 15 is 0 Å². The zero-order chi connectivity index (χ0) is 5.98. The fraction of sp³-hybridized carbons (Fsp3) is 1.00. The number of nitrogens with one attached hydrogen (secondary N) is 1. The van der Waals surface area contributed by atoms with E-state index in [1.54, 1.807) is 0 Å². The first kappa shape index (κ1) is 6.05. The van der Waals surface area contributed by atoms with Crippen molar-refractivity contribution in [3.63, 3.8) is 0 Å². The maximum Gasteiger partial charge on any atom is 0.0192 e. The standard InChI is InChI=1S/C6H14N2/c1-5-6(7)3-2-4-8-5/h5-6,8H,2-4,7H2,1H3/t5-,6-/m0/s1. The van der Waals surface area contributed by atoms with Crippen LogP contribution in [0, 0.1) is 0 Å². The van der Waals surface area contributed by atoms with Crippen LogP contribution in [0.5, 0.6) is 0 Å². The number of hydrogen-bond acceptors (Lipinski definition) is 2. The molecule has 0 amide bonds. The van der Waals surface area contributed by atoms with E-state index in [0.29, 0.717) is 12.1 Å². The van der Waals surface area contributed by atoms with Gasteiger partial charge in [0.25, 0.3) is 0 Å². The molecule has 1 aliphatic rings. The molecule has 0 aliphatic carbocycles. The second kappa shape index (κ2) is 2.46. The van der Waals surface area contributed by atoms with Crippen molar-refractivity contribution in [1.82, 2.24) is 5.32 Å². The molecule has 0 bridgehead atoms. The number of hydrogen-bond donors (Lipinski definition) is 2. The molecule has 0 saturated carbocycles. The molecule has 0 aromatic rings. The molecule has 0 aromatic heterocycles. The molecular weight excluding hydrogens is 100 g/mol. The largest absolute Gasteiger partial charge is 0.326 e. The fourth-order valence-corrected chi connectivity index (χ4v) is 1.07. The van der Waals surface area contributed by atoms with Gasteiger partial charge in [-0.3, -0.25) is 0 Å². The quantitative estimate of drug-likeness (QED) is 0.468. The van der Waals surface area contributed by atoms with Crippen molar-refractivity contribution in [3.05, 3.63) is 0 Å². The van der Waals surface area contributed by atoms with Crippen LogP contribution in [0.2, 0.25) is 0 Å². The summed E-state index contributed by atoms with van der Waals surface area (Å²) < 4.78 is 0. The lowest BCUT2D eigenvalue weighted by Gasteiger charge is -2.26. The summed E-state index contributed by atoms with van der Waals surface area (Å²) in [5, 5.41) is 3.31. The smallest absolute Gasteiger partial charge is 0.0192 e. The first-order chi connectivity index (χ1) is 3.80. The highest BCUT2D eigenvalue weighted by Gasteiger charge is 2.15. The molecule has 48 valence electrons. The molecule has 1 aliphatic heterocycles. The summed E-state index contributed by atoms with van der Waals surface area (Å²) >= 11 is 0. The predicted octanol–water partition coefficient (Wildman–Crippen LogP) is 0.0856.